The normalized spacial score (nSPS) is 10.4. The Hall–Kier alpha value is -2.55. The van der Waals surface area contributed by atoms with Crippen molar-refractivity contribution in [3.8, 4) is 11.5 Å². The van der Waals surface area contributed by atoms with Crippen LogP contribution in [0.5, 0.6) is 11.5 Å². The van der Waals surface area contributed by atoms with E-state index in [1.165, 1.54) is 6.08 Å². The van der Waals surface area contributed by atoms with Crippen LogP contribution < -0.4 is 4.74 Å². The van der Waals surface area contributed by atoms with E-state index >= 15 is 0 Å². The molecule has 2 aromatic carbocycles. The van der Waals surface area contributed by atoms with E-state index in [4.69, 9.17) is 9.47 Å². The van der Waals surface area contributed by atoms with Crippen LogP contribution in [0.2, 0.25) is 0 Å². The van der Waals surface area contributed by atoms with Crippen molar-refractivity contribution < 1.29 is 14.3 Å². The summed E-state index contributed by atoms with van der Waals surface area (Å²) in [5.41, 5.74) is 0.915. The summed E-state index contributed by atoms with van der Waals surface area (Å²) in [5.74, 6) is 1.21. The van der Waals surface area contributed by atoms with Gasteiger partial charge in [0.05, 0.1) is 6.61 Å². The average Bonchev–Trinajstić information content (AvgIpc) is 2.48. The lowest BCUT2D eigenvalue weighted by atomic mass is 10.2. The van der Waals surface area contributed by atoms with Gasteiger partial charge in [-0.3, -0.25) is 0 Å². The molecule has 102 valence electrons. The molecule has 0 aliphatic rings. The number of ether oxygens (including phenoxy) is 2. The molecule has 0 N–H and O–H groups in total. The fourth-order valence-electron chi connectivity index (χ4n) is 1.63. The monoisotopic (exact) mass is 268 g/mol. The second-order valence-electron chi connectivity index (χ2n) is 4.07. The first-order valence-corrected chi connectivity index (χ1v) is 6.46. The predicted molar refractivity (Wildman–Crippen MR) is 78.6 cm³/mol. The van der Waals surface area contributed by atoms with Crippen LogP contribution in [0.3, 0.4) is 0 Å². The van der Waals surface area contributed by atoms with Crippen LogP contribution >= 0.6 is 0 Å². The van der Waals surface area contributed by atoms with Gasteiger partial charge in [0, 0.05) is 6.08 Å². The van der Waals surface area contributed by atoms with Gasteiger partial charge in [0.2, 0.25) is 0 Å². The Kier molecular flexibility index (Phi) is 4.95. The van der Waals surface area contributed by atoms with Gasteiger partial charge in [-0.05, 0) is 42.8 Å². The molecular weight excluding hydrogens is 252 g/mol. The number of hydrogen-bond donors (Lipinski definition) is 0. The van der Waals surface area contributed by atoms with Gasteiger partial charge in [0.1, 0.15) is 11.5 Å². The highest BCUT2D eigenvalue weighted by atomic mass is 16.5. The van der Waals surface area contributed by atoms with Crippen molar-refractivity contribution in [1.82, 2.24) is 0 Å². The van der Waals surface area contributed by atoms with Crippen molar-refractivity contribution in [3.63, 3.8) is 0 Å². The molecule has 2 rings (SSSR count). The minimum Gasteiger partial charge on any atom is -0.463 e. The molecule has 0 atom stereocenters. The number of esters is 1. The Morgan fingerprint density at radius 2 is 1.65 bits per heavy atom. The number of rotatable bonds is 5. The van der Waals surface area contributed by atoms with Gasteiger partial charge in [-0.2, -0.15) is 0 Å². The van der Waals surface area contributed by atoms with Crippen LogP contribution in [-0.2, 0) is 9.53 Å². The van der Waals surface area contributed by atoms with Crippen molar-refractivity contribution in [1.29, 1.82) is 0 Å². The van der Waals surface area contributed by atoms with E-state index in [1.807, 2.05) is 54.6 Å². The molecule has 0 aliphatic carbocycles. The summed E-state index contributed by atoms with van der Waals surface area (Å²) >= 11 is 0. The fourth-order valence-corrected chi connectivity index (χ4v) is 1.63. The van der Waals surface area contributed by atoms with E-state index in [1.54, 1.807) is 13.0 Å². The van der Waals surface area contributed by atoms with E-state index in [0.29, 0.717) is 6.61 Å². The first-order valence-electron chi connectivity index (χ1n) is 6.46. The minimum atomic E-state index is -0.336. The molecule has 0 spiro atoms. The Bertz CT molecular complexity index is 571. The summed E-state index contributed by atoms with van der Waals surface area (Å²) in [5, 5.41) is 0. The van der Waals surface area contributed by atoms with Gasteiger partial charge in [0.15, 0.2) is 0 Å². The third-order valence-electron chi connectivity index (χ3n) is 2.56. The Morgan fingerprint density at radius 1 is 1.00 bits per heavy atom. The first kappa shape index (κ1) is 13.9. The van der Waals surface area contributed by atoms with Crippen molar-refractivity contribution in [2.75, 3.05) is 6.61 Å². The fraction of sp³-hybridized carbons (Fsp3) is 0.118. The zero-order chi connectivity index (χ0) is 14.2. The smallest absolute Gasteiger partial charge is 0.330 e. The maximum atomic E-state index is 11.2. The zero-order valence-corrected chi connectivity index (χ0v) is 11.3. The number of hydrogen-bond acceptors (Lipinski definition) is 3. The highest BCUT2D eigenvalue weighted by Crippen LogP contribution is 2.21. The molecule has 0 saturated carbocycles. The lowest BCUT2D eigenvalue weighted by Crippen LogP contribution is -1.98. The van der Waals surface area contributed by atoms with Gasteiger partial charge in [-0.25, -0.2) is 4.79 Å². The Labute approximate surface area is 118 Å². The maximum absolute atomic E-state index is 11.2. The summed E-state index contributed by atoms with van der Waals surface area (Å²) in [7, 11) is 0. The zero-order valence-electron chi connectivity index (χ0n) is 11.3. The van der Waals surface area contributed by atoms with E-state index in [9.17, 15) is 4.79 Å². The lowest BCUT2D eigenvalue weighted by molar-refractivity contribution is -0.137. The standard InChI is InChI=1S/C17H16O3/c1-2-19-17(18)13-10-14-8-11-16(12-9-14)20-15-6-4-3-5-7-15/h3-13H,2H2,1H3/b13-10+. The third kappa shape index (κ3) is 4.28. The summed E-state index contributed by atoms with van der Waals surface area (Å²) in [4.78, 5) is 11.2. The molecule has 0 saturated heterocycles. The van der Waals surface area contributed by atoms with Crippen LogP contribution in [0.15, 0.2) is 60.7 Å². The van der Waals surface area contributed by atoms with E-state index in [2.05, 4.69) is 0 Å². The second kappa shape index (κ2) is 7.14. The Morgan fingerprint density at radius 3 is 2.30 bits per heavy atom. The molecule has 3 heteroatoms. The summed E-state index contributed by atoms with van der Waals surface area (Å²) in [6.07, 6.45) is 3.13. The number of para-hydroxylation sites is 1. The highest BCUT2D eigenvalue weighted by Gasteiger charge is 1.97. The highest BCUT2D eigenvalue weighted by molar-refractivity contribution is 5.87. The molecule has 20 heavy (non-hydrogen) atoms. The van der Waals surface area contributed by atoms with Crippen molar-refractivity contribution in [3.05, 3.63) is 66.2 Å². The van der Waals surface area contributed by atoms with Crippen LogP contribution in [-0.4, -0.2) is 12.6 Å². The predicted octanol–water partition coefficient (Wildman–Crippen LogP) is 4.06. The molecule has 0 fully saturated rings. The minimum absolute atomic E-state index is 0.336. The van der Waals surface area contributed by atoms with Gasteiger partial charge in [0.25, 0.3) is 0 Å². The number of carbonyl (C=O) groups is 1. The quantitative estimate of drug-likeness (QED) is 0.606. The molecule has 0 radical (unpaired) electrons. The third-order valence-corrected chi connectivity index (χ3v) is 2.56. The van der Waals surface area contributed by atoms with Crippen LogP contribution in [0.1, 0.15) is 12.5 Å². The van der Waals surface area contributed by atoms with E-state index in [-0.39, 0.29) is 5.97 Å². The average molecular weight is 268 g/mol. The first-order chi connectivity index (χ1) is 9.78. The van der Waals surface area contributed by atoms with Gasteiger partial charge in [-0.1, -0.05) is 30.3 Å². The van der Waals surface area contributed by atoms with Gasteiger partial charge in [-0.15, -0.1) is 0 Å². The Balaban J connectivity index is 1.98. The molecule has 0 amide bonds. The van der Waals surface area contributed by atoms with Gasteiger partial charge >= 0.3 is 5.97 Å². The van der Waals surface area contributed by atoms with Crippen LogP contribution in [0.4, 0.5) is 0 Å². The lowest BCUT2D eigenvalue weighted by Gasteiger charge is -2.05. The summed E-state index contributed by atoms with van der Waals surface area (Å²) in [6.45, 7) is 2.16. The maximum Gasteiger partial charge on any atom is 0.330 e. The number of benzene rings is 2. The van der Waals surface area contributed by atoms with Gasteiger partial charge < -0.3 is 9.47 Å². The molecule has 3 nitrogen and oxygen atoms in total. The van der Waals surface area contributed by atoms with Crippen molar-refractivity contribution in [2.24, 2.45) is 0 Å². The summed E-state index contributed by atoms with van der Waals surface area (Å²) in [6, 6.07) is 17.1. The molecule has 0 bridgehead atoms. The molecule has 2 aromatic rings. The SMILES string of the molecule is CCOC(=O)/C=C/c1ccc(Oc2ccccc2)cc1. The van der Waals surface area contributed by atoms with E-state index < -0.39 is 0 Å². The molecule has 0 aromatic heterocycles. The van der Waals surface area contributed by atoms with E-state index in [0.717, 1.165) is 17.1 Å². The van der Waals surface area contributed by atoms with Crippen LogP contribution in [0.25, 0.3) is 6.08 Å². The van der Waals surface area contributed by atoms with Crippen LogP contribution in [0, 0.1) is 0 Å². The van der Waals surface area contributed by atoms with Crippen molar-refractivity contribution >= 4 is 12.0 Å². The largest absolute Gasteiger partial charge is 0.463 e. The molecule has 0 aliphatic heterocycles. The summed E-state index contributed by atoms with van der Waals surface area (Å²) < 4.78 is 10.5. The second-order valence-corrected chi connectivity index (χ2v) is 4.07. The van der Waals surface area contributed by atoms with Crippen molar-refractivity contribution in [2.45, 2.75) is 6.92 Å². The molecular formula is C17H16O3. The molecule has 0 heterocycles. The number of carbonyl (C=O) groups excluding carboxylic acids is 1. The molecule has 0 unspecified atom stereocenters. The topological polar surface area (TPSA) is 35.5 Å².